The van der Waals surface area contributed by atoms with Gasteiger partial charge in [-0.2, -0.15) is 5.10 Å². The fraction of sp³-hybridized carbons (Fsp3) is 0.158. The Morgan fingerprint density at radius 2 is 1.92 bits per heavy atom. The van der Waals surface area contributed by atoms with Crippen molar-refractivity contribution in [3.63, 3.8) is 0 Å². The first-order valence-corrected chi connectivity index (χ1v) is 7.83. The molecular weight excluding hydrogens is 305 g/mol. The number of carbonyl (C=O) groups is 1. The van der Waals surface area contributed by atoms with Gasteiger partial charge in [-0.15, -0.1) is 0 Å². The minimum Gasteiger partial charge on any atom is -0.347 e. The van der Waals surface area contributed by atoms with Gasteiger partial charge >= 0.3 is 0 Å². The van der Waals surface area contributed by atoms with Crippen molar-refractivity contribution in [3.05, 3.63) is 77.7 Å². The van der Waals surface area contributed by atoms with Crippen LogP contribution in [0.4, 0.5) is 4.39 Å². The van der Waals surface area contributed by atoms with Crippen LogP contribution in [-0.4, -0.2) is 15.7 Å². The molecule has 0 fully saturated rings. The van der Waals surface area contributed by atoms with Crippen LogP contribution in [0.15, 0.2) is 60.7 Å². The maximum atomic E-state index is 13.4. The number of nitrogens with zero attached hydrogens (tertiary/aromatic N) is 2. The summed E-state index contributed by atoms with van der Waals surface area (Å²) < 4.78 is 15.0. The predicted molar refractivity (Wildman–Crippen MR) is 90.9 cm³/mol. The van der Waals surface area contributed by atoms with Crippen molar-refractivity contribution >= 4 is 5.91 Å². The molecule has 0 radical (unpaired) electrons. The number of carbonyl (C=O) groups excluding carboxylic acids is 1. The minimum atomic E-state index is -0.325. The van der Waals surface area contributed by atoms with Crippen molar-refractivity contribution in [3.8, 4) is 11.3 Å². The van der Waals surface area contributed by atoms with Crippen LogP contribution in [0.2, 0.25) is 0 Å². The topological polar surface area (TPSA) is 46.9 Å². The summed E-state index contributed by atoms with van der Waals surface area (Å²) >= 11 is 0. The zero-order chi connectivity index (χ0) is 16.9. The molecule has 4 nitrogen and oxygen atoms in total. The summed E-state index contributed by atoms with van der Waals surface area (Å²) in [6.07, 6.45) is 0. The number of aromatic nitrogens is 2. The van der Waals surface area contributed by atoms with Crippen LogP contribution in [0, 0.1) is 5.82 Å². The van der Waals surface area contributed by atoms with Crippen molar-refractivity contribution in [1.82, 2.24) is 15.1 Å². The van der Waals surface area contributed by atoms with Crippen LogP contribution in [0.5, 0.6) is 0 Å². The van der Waals surface area contributed by atoms with Gasteiger partial charge in [-0.25, -0.2) is 4.39 Å². The summed E-state index contributed by atoms with van der Waals surface area (Å²) in [5, 5.41) is 7.30. The van der Waals surface area contributed by atoms with Gasteiger partial charge in [-0.3, -0.25) is 9.48 Å². The monoisotopic (exact) mass is 323 g/mol. The lowest BCUT2D eigenvalue weighted by atomic mass is 10.1. The van der Waals surface area contributed by atoms with E-state index in [2.05, 4.69) is 10.4 Å². The van der Waals surface area contributed by atoms with E-state index in [1.165, 1.54) is 12.1 Å². The molecule has 0 aliphatic rings. The molecule has 0 bridgehead atoms. The minimum absolute atomic E-state index is 0.198. The molecule has 3 aromatic rings. The molecule has 122 valence electrons. The molecule has 0 saturated carbocycles. The van der Waals surface area contributed by atoms with Crippen LogP contribution < -0.4 is 5.32 Å². The number of hydrogen-bond donors (Lipinski definition) is 1. The second-order valence-electron chi connectivity index (χ2n) is 5.41. The third-order valence-corrected chi connectivity index (χ3v) is 3.73. The average molecular weight is 323 g/mol. The van der Waals surface area contributed by atoms with Gasteiger partial charge in [0.2, 0.25) is 0 Å². The molecule has 1 heterocycles. The largest absolute Gasteiger partial charge is 0.347 e. The van der Waals surface area contributed by atoms with Crippen molar-refractivity contribution in [1.29, 1.82) is 0 Å². The molecule has 3 rings (SSSR count). The van der Waals surface area contributed by atoms with E-state index in [1.807, 2.05) is 37.3 Å². The van der Waals surface area contributed by atoms with E-state index < -0.39 is 0 Å². The van der Waals surface area contributed by atoms with Crippen molar-refractivity contribution in [2.75, 3.05) is 0 Å². The maximum Gasteiger partial charge on any atom is 0.269 e. The fourth-order valence-corrected chi connectivity index (χ4v) is 2.50. The lowest BCUT2D eigenvalue weighted by Gasteiger charge is -2.06. The highest BCUT2D eigenvalue weighted by Crippen LogP contribution is 2.20. The molecule has 0 aliphatic heterocycles. The van der Waals surface area contributed by atoms with E-state index in [-0.39, 0.29) is 11.7 Å². The molecule has 24 heavy (non-hydrogen) atoms. The van der Waals surface area contributed by atoms with Crippen LogP contribution in [-0.2, 0) is 13.1 Å². The van der Waals surface area contributed by atoms with E-state index in [4.69, 9.17) is 0 Å². The Bertz CT molecular complexity index is 843. The van der Waals surface area contributed by atoms with E-state index in [1.54, 1.807) is 22.9 Å². The summed E-state index contributed by atoms with van der Waals surface area (Å²) in [7, 11) is 0. The lowest BCUT2D eigenvalue weighted by molar-refractivity contribution is 0.0940. The molecule has 1 amide bonds. The molecule has 1 N–H and O–H groups in total. The smallest absolute Gasteiger partial charge is 0.269 e. The zero-order valence-corrected chi connectivity index (χ0v) is 13.4. The van der Waals surface area contributed by atoms with Gasteiger partial charge in [0.15, 0.2) is 0 Å². The molecule has 0 spiro atoms. The number of halogens is 1. The van der Waals surface area contributed by atoms with Crippen LogP contribution in [0.3, 0.4) is 0 Å². The van der Waals surface area contributed by atoms with Gasteiger partial charge in [-0.05, 0) is 30.7 Å². The SMILES string of the molecule is CCn1nc(-c2cccc(F)c2)cc1C(=O)NCc1ccccc1. The summed E-state index contributed by atoms with van der Waals surface area (Å²) in [5.41, 5.74) is 2.73. The van der Waals surface area contributed by atoms with Crippen LogP contribution in [0.1, 0.15) is 23.0 Å². The molecular formula is C19H18FN3O. The van der Waals surface area contributed by atoms with Gasteiger partial charge in [0.25, 0.3) is 5.91 Å². The van der Waals surface area contributed by atoms with Gasteiger partial charge in [0.05, 0.1) is 5.69 Å². The molecule has 1 aromatic heterocycles. The van der Waals surface area contributed by atoms with Crippen molar-refractivity contribution < 1.29 is 9.18 Å². The molecule has 2 aromatic carbocycles. The second-order valence-corrected chi connectivity index (χ2v) is 5.41. The van der Waals surface area contributed by atoms with Gasteiger partial charge in [-0.1, -0.05) is 42.5 Å². The average Bonchev–Trinajstić information content (AvgIpc) is 3.05. The van der Waals surface area contributed by atoms with E-state index >= 15 is 0 Å². The standard InChI is InChI=1S/C19H18FN3O/c1-2-23-18(19(24)21-13-14-7-4-3-5-8-14)12-17(22-23)15-9-6-10-16(20)11-15/h3-12H,2,13H2,1H3,(H,21,24). The molecule has 0 unspecified atom stereocenters. The molecule has 0 atom stereocenters. The van der Waals surface area contributed by atoms with Gasteiger partial charge in [0, 0.05) is 18.7 Å². The summed E-state index contributed by atoms with van der Waals surface area (Å²) in [5.74, 6) is -0.524. The van der Waals surface area contributed by atoms with Gasteiger partial charge < -0.3 is 5.32 Å². The van der Waals surface area contributed by atoms with Crippen LogP contribution >= 0.6 is 0 Å². The lowest BCUT2D eigenvalue weighted by Crippen LogP contribution is -2.25. The Hall–Kier alpha value is -2.95. The van der Waals surface area contributed by atoms with Crippen molar-refractivity contribution in [2.45, 2.75) is 20.0 Å². The summed E-state index contributed by atoms with van der Waals surface area (Å²) in [6, 6.07) is 17.6. The van der Waals surface area contributed by atoms with E-state index in [0.717, 1.165) is 5.56 Å². The predicted octanol–water partition coefficient (Wildman–Crippen LogP) is 3.64. The van der Waals surface area contributed by atoms with Crippen LogP contribution in [0.25, 0.3) is 11.3 Å². The molecule has 0 saturated heterocycles. The Kier molecular flexibility index (Phi) is 4.70. The highest BCUT2D eigenvalue weighted by molar-refractivity contribution is 5.93. The highest BCUT2D eigenvalue weighted by Gasteiger charge is 2.15. The normalized spacial score (nSPS) is 10.6. The first kappa shape index (κ1) is 15.9. The van der Waals surface area contributed by atoms with E-state index in [0.29, 0.717) is 30.0 Å². The van der Waals surface area contributed by atoms with E-state index in [9.17, 15) is 9.18 Å². The number of amides is 1. The quantitative estimate of drug-likeness (QED) is 0.779. The Labute approximate surface area is 139 Å². The fourth-order valence-electron chi connectivity index (χ4n) is 2.50. The number of aryl methyl sites for hydroxylation is 1. The number of nitrogens with one attached hydrogen (secondary N) is 1. The number of hydrogen-bond acceptors (Lipinski definition) is 2. The number of rotatable bonds is 5. The van der Waals surface area contributed by atoms with Crippen molar-refractivity contribution in [2.24, 2.45) is 0 Å². The summed E-state index contributed by atoms with van der Waals surface area (Å²) in [6.45, 7) is 2.92. The molecule has 0 aliphatic carbocycles. The third kappa shape index (κ3) is 3.51. The Morgan fingerprint density at radius 1 is 1.12 bits per heavy atom. The third-order valence-electron chi connectivity index (χ3n) is 3.73. The Balaban J connectivity index is 1.81. The highest BCUT2D eigenvalue weighted by atomic mass is 19.1. The second kappa shape index (κ2) is 7.08. The maximum absolute atomic E-state index is 13.4. The summed E-state index contributed by atoms with van der Waals surface area (Å²) in [4.78, 5) is 12.5. The Morgan fingerprint density at radius 3 is 2.62 bits per heavy atom. The molecule has 5 heteroatoms. The zero-order valence-electron chi connectivity index (χ0n) is 13.4. The first-order valence-electron chi connectivity index (χ1n) is 7.83. The first-order chi connectivity index (χ1) is 11.7. The number of benzene rings is 2. The van der Waals surface area contributed by atoms with Gasteiger partial charge in [0.1, 0.15) is 11.5 Å².